The van der Waals surface area contributed by atoms with E-state index >= 15 is 0 Å². The maximum absolute atomic E-state index is 12.4. The van der Waals surface area contributed by atoms with Gasteiger partial charge >= 0.3 is 0 Å². The van der Waals surface area contributed by atoms with Crippen molar-refractivity contribution >= 4 is 16.9 Å². The van der Waals surface area contributed by atoms with Crippen molar-refractivity contribution in [3.63, 3.8) is 0 Å². The topological polar surface area (TPSA) is 69.0 Å². The first-order valence-corrected chi connectivity index (χ1v) is 9.95. The minimum Gasteiger partial charge on any atom is -0.491 e. The van der Waals surface area contributed by atoms with Crippen LogP contribution in [0.25, 0.3) is 11.0 Å². The maximum Gasteiger partial charge on any atom is 0.253 e. The van der Waals surface area contributed by atoms with E-state index in [1.54, 1.807) is 24.5 Å². The van der Waals surface area contributed by atoms with Crippen molar-refractivity contribution in [1.29, 1.82) is 0 Å². The first-order chi connectivity index (χ1) is 14.6. The minimum absolute atomic E-state index is 0.173. The summed E-state index contributed by atoms with van der Waals surface area (Å²) in [5, 5.41) is 2.94. The number of nitrogens with zero attached hydrogens (tertiary/aromatic N) is 3. The highest BCUT2D eigenvalue weighted by Crippen LogP contribution is 2.21. The summed E-state index contributed by atoms with van der Waals surface area (Å²) in [6.07, 6.45) is 3.20. The van der Waals surface area contributed by atoms with Gasteiger partial charge in [0.1, 0.15) is 18.2 Å². The highest BCUT2D eigenvalue weighted by atomic mass is 16.5. The standard InChI is InChI=1S/C24H24N4O2/c1-17-7-5-11-22(18(17)2)30-14-13-28-21-10-4-3-9-20(21)27-23(28)16-26-24(29)19-8-6-12-25-15-19/h3-12,15H,13-14,16H2,1-2H3,(H,26,29). The van der Waals surface area contributed by atoms with Crippen LogP contribution in [0.15, 0.2) is 67.0 Å². The van der Waals surface area contributed by atoms with Crippen molar-refractivity contribution < 1.29 is 9.53 Å². The molecule has 2 aromatic carbocycles. The van der Waals surface area contributed by atoms with Gasteiger partial charge in [0.25, 0.3) is 5.91 Å². The van der Waals surface area contributed by atoms with Gasteiger partial charge in [-0.2, -0.15) is 0 Å². The predicted octanol–water partition coefficient (Wildman–Crippen LogP) is 4.06. The Hall–Kier alpha value is -3.67. The molecule has 0 aliphatic rings. The Labute approximate surface area is 175 Å². The molecule has 0 radical (unpaired) electrons. The van der Waals surface area contributed by atoms with Crippen LogP contribution in [0.5, 0.6) is 5.75 Å². The number of aromatic nitrogens is 3. The number of hydrogen-bond donors (Lipinski definition) is 1. The Balaban J connectivity index is 1.50. The molecule has 0 saturated carbocycles. The van der Waals surface area contributed by atoms with Crippen molar-refractivity contribution in [2.45, 2.75) is 26.9 Å². The third-order valence-corrected chi connectivity index (χ3v) is 5.19. The Bertz CT molecular complexity index is 1170. The number of carbonyl (C=O) groups is 1. The van der Waals surface area contributed by atoms with Crippen LogP contribution in [0.2, 0.25) is 0 Å². The number of rotatable bonds is 7. The number of ether oxygens (including phenoxy) is 1. The first-order valence-electron chi connectivity index (χ1n) is 9.95. The second kappa shape index (κ2) is 8.78. The number of pyridine rings is 1. The molecule has 0 bridgehead atoms. The van der Waals surface area contributed by atoms with Crippen LogP contribution in [0.3, 0.4) is 0 Å². The van der Waals surface area contributed by atoms with E-state index in [0.717, 1.165) is 28.2 Å². The smallest absolute Gasteiger partial charge is 0.253 e. The van der Waals surface area contributed by atoms with Gasteiger partial charge in [0.2, 0.25) is 0 Å². The molecule has 2 aromatic heterocycles. The summed E-state index contributed by atoms with van der Waals surface area (Å²) in [6.45, 7) is 5.61. The van der Waals surface area contributed by atoms with Crippen LogP contribution >= 0.6 is 0 Å². The number of para-hydroxylation sites is 2. The summed E-state index contributed by atoms with van der Waals surface area (Å²) in [6, 6.07) is 17.5. The van der Waals surface area contributed by atoms with E-state index in [0.29, 0.717) is 25.3 Å². The quantitative estimate of drug-likeness (QED) is 0.508. The molecule has 0 aliphatic carbocycles. The van der Waals surface area contributed by atoms with Gasteiger partial charge in [0, 0.05) is 12.4 Å². The van der Waals surface area contributed by atoms with Gasteiger partial charge in [-0.1, -0.05) is 24.3 Å². The molecular formula is C24H24N4O2. The van der Waals surface area contributed by atoms with Gasteiger partial charge in [-0.25, -0.2) is 4.98 Å². The molecule has 0 spiro atoms. The summed E-state index contributed by atoms with van der Waals surface area (Å²) in [4.78, 5) is 21.1. The molecule has 2 heterocycles. The fourth-order valence-electron chi connectivity index (χ4n) is 3.40. The van der Waals surface area contributed by atoms with Crippen molar-refractivity contribution in [3.05, 3.63) is 89.5 Å². The normalized spacial score (nSPS) is 10.9. The molecule has 6 heteroatoms. The van der Waals surface area contributed by atoms with Gasteiger partial charge in [-0.15, -0.1) is 0 Å². The van der Waals surface area contributed by atoms with E-state index < -0.39 is 0 Å². The van der Waals surface area contributed by atoms with E-state index in [1.165, 1.54) is 5.56 Å². The van der Waals surface area contributed by atoms with Crippen molar-refractivity contribution in [1.82, 2.24) is 19.9 Å². The van der Waals surface area contributed by atoms with Gasteiger partial charge in [0.05, 0.1) is 29.7 Å². The monoisotopic (exact) mass is 400 g/mol. The average Bonchev–Trinajstić information content (AvgIpc) is 3.13. The molecule has 0 atom stereocenters. The molecule has 152 valence electrons. The Morgan fingerprint density at radius 3 is 2.77 bits per heavy atom. The van der Waals surface area contributed by atoms with Crippen LogP contribution in [0.1, 0.15) is 27.3 Å². The minimum atomic E-state index is -0.173. The fourth-order valence-corrected chi connectivity index (χ4v) is 3.40. The third-order valence-electron chi connectivity index (χ3n) is 5.19. The van der Waals surface area contributed by atoms with E-state index in [-0.39, 0.29) is 5.91 Å². The Morgan fingerprint density at radius 2 is 1.93 bits per heavy atom. The van der Waals surface area contributed by atoms with Crippen LogP contribution in [-0.4, -0.2) is 27.0 Å². The second-order valence-corrected chi connectivity index (χ2v) is 7.14. The summed E-state index contributed by atoms with van der Waals surface area (Å²) in [7, 11) is 0. The summed E-state index contributed by atoms with van der Waals surface area (Å²) >= 11 is 0. The van der Waals surface area contributed by atoms with Crippen molar-refractivity contribution in [2.24, 2.45) is 0 Å². The van der Waals surface area contributed by atoms with Crippen LogP contribution in [-0.2, 0) is 13.1 Å². The van der Waals surface area contributed by atoms with Crippen molar-refractivity contribution in [2.75, 3.05) is 6.61 Å². The zero-order valence-corrected chi connectivity index (χ0v) is 17.1. The lowest BCUT2D eigenvalue weighted by atomic mass is 10.1. The SMILES string of the molecule is Cc1cccc(OCCn2c(CNC(=O)c3cccnc3)nc3ccccc32)c1C. The number of benzene rings is 2. The predicted molar refractivity (Wildman–Crippen MR) is 117 cm³/mol. The molecule has 6 nitrogen and oxygen atoms in total. The molecule has 1 amide bonds. The Morgan fingerprint density at radius 1 is 1.07 bits per heavy atom. The molecular weight excluding hydrogens is 376 g/mol. The maximum atomic E-state index is 12.4. The van der Waals surface area contributed by atoms with E-state index in [1.807, 2.05) is 36.4 Å². The lowest BCUT2D eigenvalue weighted by molar-refractivity contribution is 0.0949. The summed E-state index contributed by atoms with van der Waals surface area (Å²) < 4.78 is 8.15. The molecule has 4 rings (SSSR count). The number of carbonyl (C=O) groups excluding carboxylic acids is 1. The average molecular weight is 400 g/mol. The van der Waals surface area contributed by atoms with Gasteiger partial charge < -0.3 is 14.6 Å². The molecule has 4 aromatic rings. The lowest BCUT2D eigenvalue weighted by Crippen LogP contribution is -2.25. The highest BCUT2D eigenvalue weighted by molar-refractivity contribution is 5.93. The number of imidazole rings is 1. The van der Waals surface area contributed by atoms with Crippen molar-refractivity contribution in [3.8, 4) is 5.75 Å². The second-order valence-electron chi connectivity index (χ2n) is 7.14. The number of amides is 1. The van der Waals surface area contributed by atoms with Gasteiger partial charge in [0.15, 0.2) is 0 Å². The molecule has 0 saturated heterocycles. The summed E-state index contributed by atoms with van der Waals surface area (Å²) in [5.74, 6) is 1.51. The van der Waals surface area contributed by atoms with Crippen LogP contribution in [0, 0.1) is 13.8 Å². The van der Waals surface area contributed by atoms with E-state index in [2.05, 4.69) is 34.8 Å². The third kappa shape index (κ3) is 4.17. The first kappa shape index (κ1) is 19.6. The van der Waals surface area contributed by atoms with E-state index in [9.17, 15) is 4.79 Å². The molecule has 30 heavy (non-hydrogen) atoms. The number of hydrogen-bond acceptors (Lipinski definition) is 4. The zero-order valence-electron chi connectivity index (χ0n) is 17.1. The Kier molecular flexibility index (Phi) is 5.75. The number of nitrogens with one attached hydrogen (secondary N) is 1. The largest absolute Gasteiger partial charge is 0.491 e. The molecule has 0 fully saturated rings. The zero-order chi connectivity index (χ0) is 20.9. The fraction of sp³-hybridized carbons (Fsp3) is 0.208. The van der Waals surface area contributed by atoms with Gasteiger partial charge in [-0.3, -0.25) is 9.78 Å². The lowest BCUT2D eigenvalue weighted by Gasteiger charge is -2.13. The number of aryl methyl sites for hydroxylation is 1. The highest BCUT2D eigenvalue weighted by Gasteiger charge is 2.13. The summed E-state index contributed by atoms with van der Waals surface area (Å²) in [5.41, 5.74) is 4.80. The van der Waals surface area contributed by atoms with Gasteiger partial charge in [-0.05, 0) is 55.3 Å². The number of fused-ring (bicyclic) bond motifs is 1. The molecule has 0 unspecified atom stereocenters. The molecule has 0 aliphatic heterocycles. The van der Waals surface area contributed by atoms with Crippen LogP contribution < -0.4 is 10.1 Å². The molecule has 1 N–H and O–H groups in total. The van der Waals surface area contributed by atoms with Crippen LogP contribution in [0.4, 0.5) is 0 Å². The van der Waals surface area contributed by atoms with E-state index in [4.69, 9.17) is 9.72 Å².